The second-order valence-corrected chi connectivity index (χ2v) is 8.43. The lowest BCUT2D eigenvalue weighted by Crippen LogP contribution is -1.98. The number of benzene rings is 3. The van der Waals surface area contributed by atoms with Gasteiger partial charge in [0.05, 0.1) is 20.6 Å². The predicted octanol–water partition coefficient (Wildman–Crippen LogP) is 8.16. The zero-order chi connectivity index (χ0) is 20.1. The van der Waals surface area contributed by atoms with Crippen molar-refractivity contribution in [3.63, 3.8) is 0 Å². The molecule has 2 nitrogen and oxygen atoms in total. The van der Waals surface area contributed by atoms with Crippen LogP contribution in [0.15, 0.2) is 69.6 Å². The average Bonchev–Trinajstić information content (AvgIpc) is 2.66. The molecule has 0 heterocycles. The molecule has 0 amide bonds. The first-order chi connectivity index (χ1) is 13.5. The molecule has 0 aliphatic carbocycles. The number of hydrogen-bond donors (Lipinski definition) is 0. The van der Waals surface area contributed by atoms with Crippen molar-refractivity contribution in [1.29, 1.82) is 5.26 Å². The Morgan fingerprint density at radius 1 is 1.00 bits per heavy atom. The Morgan fingerprint density at radius 3 is 2.36 bits per heavy atom. The van der Waals surface area contributed by atoms with E-state index in [9.17, 15) is 5.26 Å². The van der Waals surface area contributed by atoms with E-state index in [-0.39, 0.29) is 0 Å². The Bertz CT molecular complexity index is 1070. The molecule has 3 aromatic carbocycles. The maximum absolute atomic E-state index is 9.54. The highest BCUT2D eigenvalue weighted by Crippen LogP contribution is 2.36. The van der Waals surface area contributed by atoms with E-state index >= 15 is 0 Å². The number of ether oxygens (including phenoxy) is 1. The summed E-state index contributed by atoms with van der Waals surface area (Å²) in [6.45, 7) is 0.345. The molecule has 0 radical (unpaired) electrons. The number of rotatable bonds is 5. The summed E-state index contributed by atoms with van der Waals surface area (Å²) in [5.41, 5.74) is 3.03. The van der Waals surface area contributed by atoms with Crippen LogP contribution in [0.4, 0.5) is 0 Å². The van der Waals surface area contributed by atoms with Gasteiger partial charge in [-0.15, -0.1) is 0 Å². The molecule has 6 heteroatoms. The fourth-order valence-electron chi connectivity index (χ4n) is 2.57. The minimum Gasteiger partial charge on any atom is -0.486 e. The van der Waals surface area contributed by atoms with E-state index in [2.05, 4.69) is 37.9 Å². The first kappa shape index (κ1) is 21.0. The normalized spacial score (nSPS) is 11.2. The molecular formula is C22H13Br2Cl2NO. The van der Waals surface area contributed by atoms with Gasteiger partial charge in [-0.05, 0) is 79.4 Å². The van der Waals surface area contributed by atoms with Gasteiger partial charge in [-0.25, -0.2) is 0 Å². The Balaban J connectivity index is 1.87. The lowest BCUT2D eigenvalue weighted by atomic mass is 10.0. The number of nitrogens with zero attached hydrogens (tertiary/aromatic N) is 1. The van der Waals surface area contributed by atoms with Crippen LogP contribution in [0.2, 0.25) is 10.0 Å². The van der Waals surface area contributed by atoms with E-state index in [1.165, 1.54) is 0 Å². The van der Waals surface area contributed by atoms with Gasteiger partial charge in [-0.2, -0.15) is 5.26 Å². The molecule has 0 saturated heterocycles. The maximum Gasteiger partial charge on any atom is 0.148 e. The predicted molar refractivity (Wildman–Crippen MR) is 123 cm³/mol. The molecule has 0 unspecified atom stereocenters. The van der Waals surface area contributed by atoms with Crippen LogP contribution in [0, 0.1) is 11.3 Å². The smallest absolute Gasteiger partial charge is 0.148 e. The summed E-state index contributed by atoms with van der Waals surface area (Å²) in [4.78, 5) is 0. The molecule has 28 heavy (non-hydrogen) atoms. The highest BCUT2D eigenvalue weighted by atomic mass is 79.9. The summed E-state index contributed by atoms with van der Waals surface area (Å²) in [6, 6.07) is 20.8. The van der Waals surface area contributed by atoms with Crippen molar-refractivity contribution in [3.05, 3.63) is 96.3 Å². The zero-order valence-corrected chi connectivity index (χ0v) is 19.1. The highest BCUT2D eigenvalue weighted by molar-refractivity contribution is 9.11. The number of halogens is 4. The quantitative estimate of drug-likeness (QED) is 0.243. The third-order valence-corrected chi connectivity index (χ3v) is 5.70. The first-order valence-electron chi connectivity index (χ1n) is 8.21. The van der Waals surface area contributed by atoms with E-state index < -0.39 is 0 Å². The fraction of sp³-hybridized carbons (Fsp3) is 0.0455. The number of allylic oxidation sites excluding steroid dienone is 1. The van der Waals surface area contributed by atoms with Crippen molar-refractivity contribution in [3.8, 4) is 11.8 Å². The molecule has 0 spiro atoms. The van der Waals surface area contributed by atoms with Gasteiger partial charge in [0, 0.05) is 15.6 Å². The summed E-state index contributed by atoms with van der Waals surface area (Å²) >= 11 is 19.3. The third-order valence-electron chi connectivity index (χ3n) is 3.92. The SMILES string of the molecule is N#C/C(=C/c1cc(Br)c(OCc2ccccc2Cl)c(Br)c1)c1cccc(Cl)c1. The van der Waals surface area contributed by atoms with Crippen molar-refractivity contribution in [2.45, 2.75) is 6.61 Å². The van der Waals surface area contributed by atoms with Crippen LogP contribution < -0.4 is 4.74 Å². The van der Waals surface area contributed by atoms with Gasteiger partial charge in [0.25, 0.3) is 0 Å². The second kappa shape index (κ2) is 9.62. The monoisotopic (exact) mass is 535 g/mol. The van der Waals surface area contributed by atoms with Crippen molar-refractivity contribution in [2.24, 2.45) is 0 Å². The maximum atomic E-state index is 9.54. The summed E-state index contributed by atoms with van der Waals surface area (Å²) in [5, 5.41) is 10.8. The topological polar surface area (TPSA) is 33.0 Å². The van der Waals surface area contributed by atoms with Crippen LogP contribution in [0.1, 0.15) is 16.7 Å². The van der Waals surface area contributed by atoms with E-state index in [1.807, 2.05) is 48.5 Å². The first-order valence-corrected chi connectivity index (χ1v) is 10.5. The summed E-state index contributed by atoms with van der Waals surface area (Å²) in [5.74, 6) is 0.665. The second-order valence-electron chi connectivity index (χ2n) is 5.87. The minimum absolute atomic E-state index is 0.345. The molecule has 0 bridgehead atoms. The lowest BCUT2D eigenvalue weighted by molar-refractivity contribution is 0.302. The van der Waals surface area contributed by atoms with Crippen molar-refractivity contribution in [1.82, 2.24) is 0 Å². The van der Waals surface area contributed by atoms with Crippen LogP contribution in [0.25, 0.3) is 11.6 Å². The summed E-state index contributed by atoms with van der Waals surface area (Å²) in [6.07, 6.45) is 1.80. The third kappa shape index (κ3) is 5.18. The van der Waals surface area contributed by atoms with Gasteiger partial charge >= 0.3 is 0 Å². The Morgan fingerprint density at radius 2 is 1.71 bits per heavy atom. The molecule has 3 aromatic rings. The van der Waals surface area contributed by atoms with E-state index in [4.69, 9.17) is 27.9 Å². The van der Waals surface area contributed by atoms with Crippen LogP contribution in [0.5, 0.6) is 5.75 Å². The molecule has 0 atom stereocenters. The van der Waals surface area contributed by atoms with E-state index in [0.717, 1.165) is 25.6 Å². The molecule has 0 aliphatic heterocycles. The molecule has 0 saturated carbocycles. The summed E-state index contributed by atoms with van der Waals surface area (Å²) < 4.78 is 7.47. The Kier molecular flexibility index (Phi) is 7.20. The molecule has 0 N–H and O–H groups in total. The van der Waals surface area contributed by atoms with Crippen LogP contribution in [0.3, 0.4) is 0 Å². The molecular weight excluding hydrogens is 525 g/mol. The van der Waals surface area contributed by atoms with Crippen LogP contribution in [-0.4, -0.2) is 0 Å². The van der Waals surface area contributed by atoms with Gasteiger partial charge in [0.1, 0.15) is 12.4 Å². The molecule has 3 rings (SSSR count). The molecule has 0 aromatic heterocycles. The lowest BCUT2D eigenvalue weighted by Gasteiger charge is -2.12. The van der Waals surface area contributed by atoms with Gasteiger partial charge in [-0.3, -0.25) is 0 Å². The number of hydrogen-bond acceptors (Lipinski definition) is 2. The van der Waals surface area contributed by atoms with Gasteiger partial charge < -0.3 is 4.74 Å². The highest BCUT2D eigenvalue weighted by Gasteiger charge is 2.11. The van der Waals surface area contributed by atoms with Crippen LogP contribution in [-0.2, 0) is 6.61 Å². The van der Waals surface area contributed by atoms with Crippen molar-refractivity contribution >= 4 is 66.7 Å². The van der Waals surface area contributed by atoms with E-state index in [1.54, 1.807) is 18.2 Å². The van der Waals surface area contributed by atoms with Gasteiger partial charge in [0.2, 0.25) is 0 Å². The van der Waals surface area contributed by atoms with Crippen molar-refractivity contribution < 1.29 is 4.74 Å². The van der Waals surface area contributed by atoms with E-state index in [0.29, 0.717) is 28.0 Å². The molecule has 0 fully saturated rings. The van der Waals surface area contributed by atoms with Gasteiger partial charge in [-0.1, -0.05) is 53.5 Å². The zero-order valence-electron chi connectivity index (χ0n) is 14.4. The van der Waals surface area contributed by atoms with Crippen molar-refractivity contribution in [2.75, 3.05) is 0 Å². The van der Waals surface area contributed by atoms with Gasteiger partial charge in [0.15, 0.2) is 0 Å². The minimum atomic E-state index is 0.345. The summed E-state index contributed by atoms with van der Waals surface area (Å²) in [7, 11) is 0. The number of nitriles is 1. The largest absolute Gasteiger partial charge is 0.486 e. The molecule has 0 aliphatic rings. The average molecular weight is 538 g/mol. The fourth-order valence-corrected chi connectivity index (χ4v) is 4.40. The Labute approximate surface area is 190 Å². The standard InChI is InChI=1S/C22H13Br2Cl2NO/c23-19-9-14(8-17(12-27)15-5-3-6-18(25)11-15)10-20(24)22(19)28-13-16-4-1-2-7-21(16)26/h1-11H,13H2/b17-8-. The van der Waals surface area contributed by atoms with Crippen LogP contribution >= 0.6 is 55.1 Å². The molecule has 140 valence electrons. The Hall–Kier alpha value is -1.77.